The molecule has 0 atom stereocenters. The van der Waals surface area contributed by atoms with E-state index in [2.05, 4.69) is 55.3 Å². The molecule has 1 aromatic heterocycles. The predicted octanol–water partition coefficient (Wildman–Crippen LogP) is 4.77. The first-order valence-electron chi connectivity index (χ1n) is 8.89. The van der Waals surface area contributed by atoms with Gasteiger partial charge in [0.15, 0.2) is 5.69 Å². The first-order valence-corrected chi connectivity index (χ1v) is 8.89. The molecule has 0 aliphatic carbocycles. The normalized spacial score (nSPS) is 11.2. The van der Waals surface area contributed by atoms with Crippen LogP contribution in [-0.2, 0) is 0 Å². The third-order valence-corrected chi connectivity index (χ3v) is 4.32. The molecule has 5 heteroatoms. The fourth-order valence-electron chi connectivity index (χ4n) is 2.93. The number of nitrogens with zero attached hydrogens (tertiary/aromatic N) is 3. The summed E-state index contributed by atoms with van der Waals surface area (Å²) in [5, 5.41) is 11.6. The zero-order valence-corrected chi connectivity index (χ0v) is 15.6. The van der Waals surface area contributed by atoms with Gasteiger partial charge in [-0.2, -0.15) is 9.90 Å². The van der Waals surface area contributed by atoms with E-state index in [0.717, 1.165) is 22.5 Å². The molecule has 0 saturated carbocycles. The van der Waals surface area contributed by atoms with Gasteiger partial charge in [0.05, 0.1) is 11.9 Å². The summed E-state index contributed by atoms with van der Waals surface area (Å²) < 4.78 is 0. The van der Waals surface area contributed by atoms with Crippen LogP contribution < -0.4 is 5.32 Å². The van der Waals surface area contributed by atoms with Crippen molar-refractivity contribution in [1.29, 1.82) is 0 Å². The van der Waals surface area contributed by atoms with Gasteiger partial charge in [-0.15, -0.1) is 5.10 Å². The van der Waals surface area contributed by atoms with Crippen molar-refractivity contribution < 1.29 is 4.79 Å². The van der Waals surface area contributed by atoms with Crippen molar-refractivity contribution in [2.75, 3.05) is 5.32 Å². The Balaban J connectivity index is 1.90. The highest BCUT2D eigenvalue weighted by Crippen LogP contribution is 2.32. The number of aromatic nitrogens is 3. The van der Waals surface area contributed by atoms with Gasteiger partial charge in [-0.05, 0) is 35.1 Å². The maximum Gasteiger partial charge on any atom is 0.277 e. The molecule has 5 nitrogen and oxygen atoms in total. The van der Waals surface area contributed by atoms with Crippen molar-refractivity contribution >= 4 is 11.6 Å². The lowest BCUT2D eigenvalue weighted by Gasteiger charge is -2.19. The Hall–Kier alpha value is -2.95. The lowest BCUT2D eigenvalue weighted by Crippen LogP contribution is -2.16. The van der Waals surface area contributed by atoms with Crippen LogP contribution in [0.2, 0.25) is 0 Å². The third-order valence-electron chi connectivity index (χ3n) is 4.32. The number of hydrogen-bond donors (Lipinski definition) is 1. The van der Waals surface area contributed by atoms with Crippen LogP contribution in [0.3, 0.4) is 0 Å². The zero-order chi connectivity index (χ0) is 18.7. The first kappa shape index (κ1) is 17.9. The lowest BCUT2D eigenvalue weighted by molar-refractivity contribution is 0.102. The van der Waals surface area contributed by atoms with Gasteiger partial charge < -0.3 is 5.32 Å². The van der Waals surface area contributed by atoms with Crippen LogP contribution in [-0.4, -0.2) is 20.9 Å². The van der Waals surface area contributed by atoms with E-state index < -0.39 is 0 Å². The topological polar surface area (TPSA) is 59.8 Å². The average molecular weight is 348 g/mol. The minimum atomic E-state index is -0.248. The van der Waals surface area contributed by atoms with Crippen molar-refractivity contribution in [1.82, 2.24) is 15.0 Å². The summed E-state index contributed by atoms with van der Waals surface area (Å²) in [6.45, 7) is 8.50. The Morgan fingerprint density at radius 2 is 1.54 bits per heavy atom. The Bertz CT molecular complexity index is 871. The second-order valence-corrected chi connectivity index (χ2v) is 6.93. The summed E-state index contributed by atoms with van der Waals surface area (Å²) in [5.41, 5.74) is 4.25. The molecule has 0 spiro atoms. The molecule has 0 fully saturated rings. The molecule has 1 amide bonds. The van der Waals surface area contributed by atoms with E-state index in [1.54, 1.807) is 0 Å². The standard InChI is InChI=1S/C21H24N4O/c1-14(2)17-11-8-12-18(15(3)4)20(17)23-21(26)19-13-22-25(24-19)16-9-6-5-7-10-16/h5-15H,1-4H3,(H,23,26). The first-order chi connectivity index (χ1) is 12.5. The van der Waals surface area contributed by atoms with E-state index in [1.807, 2.05) is 36.4 Å². The van der Waals surface area contributed by atoms with E-state index in [-0.39, 0.29) is 5.91 Å². The minimum Gasteiger partial charge on any atom is -0.320 e. The molecule has 0 saturated heterocycles. The summed E-state index contributed by atoms with van der Waals surface area (Å²) in [6, 6.07) is 15.7. The Morgan fingerprint density at radius 3 is 2.12 bits per heavy atom. The molecule has 3 aromatic rings. The van der Waals surface area contributed by atoms with E-state index in [0.29, 0.717) is 17.5 Å². The van der Waals surface area contributed by atoms with Gasteiger partial charge in [0.1, 0.15) is 0 Å². The number of carbonyl (C=O) groups excluding carboxylic acids is 1. The molecule has 3 rings (SSSR count). The van der Waals surface area contributed by atoms with Crippen LogP contribution >= 0.6 is 0 Å². The second-order valence-electron chi connectivity index (χ2n) is 6.93. The molecule has 0 bridgehead atoms. The molecule has 134 valence electrons. The second kappa shape index (κ2) is 7.52. The highest BCUT2D eigenvalue weighted by molar-refractivity contribution is 6.03. The predicted molar refractivity (Wildman–Crippen MR) is 104 cm³/mol. The fraction of sp³-hybridized carbons (Fsp3) is 0.286. The van der Waals surface area contributed by atoms with Gasteiger partial charge in [0.25, 0.3) is 5.91 Å². The maximum atomic E-state index is 12.8. The maximum absolute atomic E-state index is 12.8. The van der Waals surface area contributed by atoms with Crippen molar-refractivity contribution in [3.63, 3.8) is 0 Å². The molecule has 0 aliphatic rings. The van der Waals surface area contributed by atoms with Crippen LogP contribution in [0, 0.1) is 0 Å². The number of carbonyl (C=O) groups is 1. The van der Waals surface area contributed by atoms with Crippen molar-refractivity contribution in [3.05, 3.63) is 71.5 Å². The van der Waals surface area contributed by atoms with Crippen molar-refractivity contribution in [2.24, 2.45) is 0 Å². The van der Waals surface area contributed by atoms with Crippen LogP contribution in [0.4, 0.5) is 5.69 Å². The van der Waals surface area contributed by atoms with Crippen LogP contribution in [0.1, 0.15) is 61.1 Å². The molecule has 1 heterocycles. The Morgan fingerprint density at radius 1 is 0.923 bits per heavy atom. The quantitative estimate of drug-likeness (QED) is 0.723. The van der Waals surface area contributed by atoms with Crippen LogP contribution in [0.15, 0.2) is 54.7 Å². The van der Waals surface area contributed by atoms with Crippen molar-refractivity contribution in [2.45, 2.75) is 39.5 Å². The van der Waals surface area contributed by atoms with E-state index in [1.165, 1.54) is 11.0 Å². The monoisotopic (exact) mass is 348 g/mol. The summed E-state index contributed by atoms with van der Waals surface area (Å²) in [6.07, 6.45) is 1.50. The summed E-state index contributed by atoms with van der Waals surface area (Å²) in [5.74, 6) is 0.371. The van der Waals surface area contributed by atoms with E-state index in [9.17, 15) is 4.79 Å². The highest BCUT2D eigenvalue weighted by Gasteiger charge is 2.18. The number of anilines is 1. The van der Waals surface area contributed by atoms with Crippen molar-refractivity contribution in [3.8, 4) is 5.69 Å². The molecular weight excluding hydrogens is 324 g/mol. The number of para-hydroxylation sites is 2. The smallest absolute Gasteiger partial charge is 0.277 e. The van der Waals surface area contributed by atoms with Gasteiger partial charge in [0, 0.05) is 5.69 Å². The van der Waals surface area contributed by atoms with Gasteiger partial charge in [-0.1, -0.05) is 64.1 Å². The molecule has 0 unspecified atom stereocenters. The molecule has 26 heavy (non-hydrogen) atoms. The summed E-state index contributed by atoms with van der Waals surface area (Å²) >= 11 is 0. The molecular formula is C21H24N4O. The SMILES string of the molecule is CC(C)c1cccc(C(C)C)c1NC(=O)c1cnn(-c2ccccc2)n1. The molecule has 0 radical (unpaired) electrons. The fourth-order valence-corrected chi connectivity index (χ4v) is 2.93. The third kappa shape index (κ3) is 3.67. The molecule has 0 aliphatic heterocycles. The molecule has 2 aromatic carbocycles. The summed E-state index contributed by atoms with van der Waals surface area (Å²) in [7, 11) is 0. The number of hydrogen-bond acceptors (Lipinski definition) is 3. The van der Waals surface area contributed by atoms with Gasteiger partial charge in [-0.3, -0.25) is 4.79 Å². The Labute approximate surface area is 154 Å². The van der Waals surface area contributed by atoms with Gasteiger partial charge in [-0.25, -0.2) is 0 Å². The number of benzene rings is 2. The van der Waals surface area contributed by atoms with Crippen LogP contribution in [0.25, 0.3) is 5.69 Å². The zero-order valence-electron chi connectivity index (χ0n) is 15.6. The average Bonchev–Trinajstić information content (AvgIpc) is 3.12. The largest absolute Gasteiger partial charge is 0.320 e. The summed E-state index contributed by atoms with van der Waals surface area (Å²) in [4.78, 5) is 14.2. The molecule has 1 N–H and O–H groups in total. The van der Waals surface area contributed by atoms with Gasteiger partial charge >= 0.3 is 0 Å². The van der Waals surface area contributed by atoms with Gasteiger partial charge in [0.2, 0.25) is 0 Å². The number of nitrogens with one attached hydrogen (secondary N) is 1. The highest BCUT2D eigenvalue weighted by atomic mass is 16.2. The van der Waals surface area contributed by atoms with E-state index >= 15 is 0 Å². The number of amides is 1. The lowest BCUT2D eigenvalue weighted by atomic mass is 9.92. The van der Waals surface area contributed by atoms with E-state index in [4.69, 9.17) is 0 Å². The Kier molecular flexibility index (Phi) is 5.16. The number of rotatable bonds is 5. The van der Waals surface area contributed by atoms with Crippen LogP contribution in [0.5, 0.6) is 0 Å². The minimum absolute atomic E-state index is 0.248.